The Morgan fingerprint density at radius 3 is 3.00 bits per heavy atom. The molecular weight excluding hydrogens is 296 g/mol. The van der Waals surface area contributed by atoms with Gasteiger partial charge in [-0.25, -0.2) is 4.98 Å². The van der Waals surface area contributed by atoms with Gasteiger partial charge in [-0.05, 0) is 25.1 Å². The number of anilines is 1. The summed E-state index contributed by atoms with van der Waals surface area (Å²) >= 11 is 7.26. The zero-order valence-corrected chi connectivity index (χ0v) is 12.2. The van der Waals surface area contributed by atoms with Crippen LogP contribution in [-0.2, 0) is 6.54 Å². The van der Waals surface area contributed by atoms with Crippen molar-refractivity contribution in [1.29, 1.82) is 0 Å². The second-order valence-electron chi connectivity index (χ2n) is 4.16. The van der Waals surface area contributed by atoms with Gasteiger partial charge in [-0.15, -0.1) is 11.3 Å². The summed E-state index contributed by atoms with van der Waals surface area (Å²) in [6, 6.07) is 7.82. The molecule has 3 aromatic rings. The van der Waals surface area contributed by atoms with Crippen LogP contribution in [0.5, 0.6) is 0 Å². The topological polar surface area (TPSA) is 63.8 Å². The van der Waals surface area contributed by atoms with Gasteiger partial charge in [0.05, 0.1) is 6.54 Å². The third-order valence-corrected chi connectivity index (χ3v) is 3.74. The first-order valence-electron chi connectivity index (χ1n) is 5.95. The van der Waals surface area contributed by atoms with Crippen molar-refractivity contribution in [1.82, 2.24) is 15.1 Å². The summed E-state index contributed by atoms with van der Waals surface area (Å²) in [5.41, 5.74) is 1.86. The van der Waals surface area contributed by atoms with Gasteiger partial charge in [-0.3, -0.25) is 0 Å². The molecule has 0 spiro atoms. The van der Waals surface area contributed by atoms with Gasteiger partial charge >= 0.3 is 0 Å². The quantitative estimate of drug-likeness (QED) is 0.795. The summed E-state index contributed by atoms with van der Waals surface area (Å²) in [5, 5.41) is 7.10. The highest BCUT2D eigenvalue weighted by molar-refractivity contribution is 7.15. The fraction of sp³-hybridized carbons (Fsp3) is 0.154. The second-order valence-corrected chi connectivity index (χ2v) is 5.86. The molecule has 0 radical (unpaired) electrons. The molecule has 7 heteroatoms. The van der Waals surface area contributed by atoms with Gasteiger partial charge in [0, 0.05) is 22.3 Å². The van der Waals surface area contributed by atoms with Crippen molar-refractivity contribution in [2.24, 2.45) is 0 Å². The summed E-state index contributed by atoms with van der Waals surface area (Å²) in [5.74, 6) is 1.14. The van der Waals surface area contributed by atoms with Crippen molar-refractivity contribution in [3.8, 4) is 11.5 Å². The zero-order chi connectivity index (χ0) is 13.9. The Labute approximate surface area is 124 Å². The summed E-state index contributed by atoms with van der Waals surface area (Å²) in [7, 11) is 0. The van der Waals surface area contributed by atoms with Crippen molar-refractivity contribution >= 4 is 28.6 Å². The highest BCUT2D eigenvalue weighted by atomic mass is 35.5. The maximum atomic E-state index is 5.80. The zero-order valence-electron chi connectivity index (χ0n) is 10.6. The summed E-state index contributed by atoms with van der Waals surface area (Å²) < 4.78 is 5.71. The van der Waals surface area contributed by atoms with Gasteiger partial charge < -0.3 is 9.84 Å². The first kappa shape index (κ1) is 13.1. The number of hydrogen-bond donors (Lipinski definition) is 1. The molecule has 0 saturated carbocycles. The number of hydrogen-bond acceptors (Lipinski definition) is 6. The Kier molecular flexibility index (Phi) is 3.66. The van der Waals surface area contributed by atoms with E-state index in [2.05, 4.69) is 20.4 Å². The smallest absolute Gasteiger partial charge is 0.257 e. The minimum absolute atomic E-state index is 0.520. The highest BCUT2D eigenvalue weighted by Crippen LogP contribution is 2.23. The SMILES string of the molecule is Cc1noc(-c2cccc(NCc3cnc(Cl)s3)c2)n1. The monoisotopic (exact) mass is 306 g/mol. The first-order chi connectivity index (χ1) is 9.70. The Bertz CT molecular complexity index is 724. The molecule has 102 valence electrons. The van der Waals surface area contributed by atoms with Crippen molar-refractivity contribution in [3.63, 3.8) is 0 Å². The molecule has 20 heavy (non-hydrogen) atoms. The van der Waals surface area contributed by atoms with Gasteiger partial charge in [0.2, 0.25) is 0 Å². The predicted molar refractivity (Wildman–Crippen MR) is 78.9 cm³/mol. The van der Waals surface area contributed by atoms with E-state index < -0.39 is 0 Å². The van der Waals surface area contributed by atoms with E-state index in [1.165, 1.54) is 11.3 Å². The molecule has 3 rings (SSSR count). The third kappa shape index (κ3) is 2.97. The van der Waals surface area contributed by atoms with Crippen LogP contribution in [0.1, 0.15) is 10.7 Å². The Morgan fingerprint density at radius 2 is 2.30 bits per heavy atom. The predicted octanol–water partition coefficient (Wildman–Crippen LogP) is 3.77. The fourth-order valence-electron chi connectivity index (χ4n) is 1.73. The number of halogens is 1. The van der Waals surface area contributed by atoms with Gasteiger partial charge in [-0.2, -0.15) is 4.98 Å². The van der Waals surface area contributed by atoms with Gasteiger partial charge in [0.15, 0.2) is 10.3 Å². The lowest BCUT2D eigenvalue weighted by Gasteiger charge is -2.05. The largest absolute Gasteiger partial charge is 0.380 e. The standard InChI is InChI=1S/C13H11ClN4OS/c1-8-17-12(19-18-8)9-3-2-4-10(5-9)15-6-11-7-16-13(14)20-11/h2-5,7,15H,6H2,1H3. The molecule has 0 aliphatic carbocycles. The second kappa shape index (κ2) is 5.60. The maximum Gasteiger partial charge on any atom is 0.257 e. The number of thiazole rings is 1. The molecule has 0 aliphatic rings. The lowest BCUT2D eigenvalue weighted by Crippen LogP contribution is -1.97. The van der Waals surface area contributed by atoms with Crippen molar-refractivity contribution < 1.29 is 4.52 Å². The molecule has 2 aromatic heterocycles. The lowest BCUT2D eigenvalue weighted by atomic mass is 10.2. The number of nitrogens with zero attached hydrogens (tertiary/aromatic N) is 3. The van der Waals surface area contributed by atoms with Crippen molar-refractivity contribution in [2.45, 2.75) is 13.5 Å². The van der Waals surface area contributed by atoms with Crippen LogP contribution in [0.3, 0.4) is 0 Å². The first-order valence-corrected chi connectivity index (χ1v) is 7.15. The third-order valence-electron chi connectivity index (χ3n) is 2.63. The molecular formula is C13H11ClN4OS. The molecule has 5 nitrogen and oxygen atoms in total. The number of nitrogens with one attached hydrogen (secondary N) is 1. The van der Waals surface area contributed by atoms with Crippen LogP contribution < -0.4 is 5.32 Å². The molecule has 0 fully saturated rings. The maximum absolute atomic E-state index is 5.80. The van der Waals surface area contributed by atoms with Crippen molar-refractivity contribution in [2.75, 3.05) is 5.32 Å². The van der Waals surface area contributed by atoms with Crippen LogP contribution in [0.2, 0.25) is 4.47 Å². The van der Waals surface area contributed by atoms with Gasteiger partial charge in [0.1, 0.15) is 0 Å². The fourth-order valence-corrected chi connectivity index (χ4v) is 2.65. The normalized spacial score (nSPS) is 10.7. The molecule has 0 saturated heterocycles. The van der Waals surface area contributed by atoms with Crippen LogP contribution in [-0.4, -0.2) is 15.1 Å². The van der Waals surface area contributed by atoms with E-state index in [0.717, 1.165) is 16.1 Å². The highest BCUT2D eigenvalue weighted by Gasteiger charge is 2.07. The van der Waals surface area contributed by atoms with E-state index in [1.54, 1.807) is 13.1 Å². The number of rotatable bonds is 4. The Hall–Kier alpha value is -1.92. The molecule has 0 amide bonds. The van der Waals surface area contributed by atoms with Gasteiger partial charge in [-0.1, -0.05) is 22.8 Å². The average molecular weight is 307 g/mol. The van der Waals surface area contributed by atoms with Crippen LogP contribution in [0.25, 0.3) is 11.5 Å². The Morgan fingerprint density at radius 1 is 1.40 bits per heavy atom. The minimum Gasteiger partial charge on any atom is -0.380 e. The Balaban J connectivity index is 1.74. The molecule has 0 atom stereocenters. The number of aromatic nitrogens is 3. The van der Waals surface area contributed by atoms with Crippen LogP contribution in [0.15, 0.2) is 35.0 Å². The van der Waals surface area contributed by atoms with Crippen LogP contribution >= 0.6 is 22.9 Å². The van der Waals surface area contributed by atoms with E-state index in [9.17, 15) is 0 Å². The molecule has 1 aromatic carbocycles. The summed E-state index contributed by atoms with van der Waals surface area (Å²) in [6.45, 7) is 2.47. The number of aryl methyl sites for hydroxylation is 1. The molecule has 0 bridgehead atoms. The number of benzene rings is 1. The minimum atomic E-state index is 0.520. The van der Waals surface area contributed by atoms with E-state index in [-0.39, 0.29) is 0 Å². The average Bonchev–Trinajstić information content (AvgIpc) is 3.06. The van der Waals surface area contributed by atoms with Crippen molar-refractivity contribution in [3.05, 3.63) is 45.6 Å². The van der Waals surface area contributed by atoms with Gasteiger partial charge in [0.25, 0.3) is 5.89 Å². The van der Waals surface area contributed by atoms with Crippen LogP contribution in [0.4, 0.5) is 5.69 Å². The molecule has 1 N–H and O–H groups in total. The summed E-state index contributed by atoms with van der Waals surface area (Å²) in [6.07, 6.45) is 1.77. The molecule has 0 aliphatic heterocycles. The van der Waals surface area contributed by atoms with E-state index in [0.29, 0.717) is 22.7 Å². The van der Waals surface area contributed by atoms with E-state index >= 15 is 0 Å². The molecule has 2 heterocycles. The summed E-state index contributed by atoms with van der Waals surface area (Å²) in [4.78, 5) is 9.30. The van der Waals surface area contributed by atoms with E-state index in [4.69, 9.17) is 16.1 Å². The van der Waals surface area contributed by atoms with Crippen LogP contribution in [0, 0.1) is 6.92 Å². The van der Waals surface area contributed by atoms with E-state index in [1.807, 2.05) is 24.3 Å². The lowest BCUT2D eigenvalue weighted by molar-refractivity contribution is 0.425. The molecule has 0 unspecified atom stereocenters.